The van der Waals surface area contributed by atoms with Crippen LogP contribution in [-0.2, 0) is 0 Å². The number of dihydropyridines is 1. The summed E-state index contributed by atoms with van der Waals surface area (Å²) < 4.78 is 0. The highest BCUT2D eigenvalue weighted by Crippen LogP contribution is 2.32. The molecular weight excluding hydrogens is 136 g/mol. The van der Waals surface area contributed by atoms with Crippen molar-refractivity contribution in [1.29, 1.82) is 0 Å². The van der Waals surface area contributed by atoms with Gasteiger partial charge in [-0.15, -0.1) is 0 Å². The first-order valence-electron chi connectivity index (χ1n) is 3.80. The Morgan fingerprint density at radius 2 is 2.45 bits per heavy atom. The Kier molecular flexibility index (Phi) is 0.716. The van der Waals surface area contributed by atoms with Gasteiger partial charge in [0.05, 0.1) is 5.70 Å². The Morgan fingerprint density at radius 3 is 3.18 bits per heavy atom. The predicted octanol–water partition coefficient (Wildman–Crippen LogP) is 1.09. The highest BCUT2D eigenvalue weighted by atomic mass is 15.2. The molecule has 1 spiro atoms. The minimum atomic E-state index is 0.00174. The van der Waals surface area contributed by atoms with E-state index < -0.39 is 0 Å². The zero-order valence-electron chi connectivity index (χ0n) is 6.07. The van der Waals surface area contributed by atoms with Gasteiger partial charge in [0.1, 0.15) is 5.54 Å². The zero-order chi connectivity index (χ0) is 7.31. The Hall–Kier alpha value is -1.31. The Bertz CT molecular complexity index is 304. The summed E-state index contributed by atoms with van der Waals surface area (Å²) in [6, 6.07) is 0. The SMILES string of the molecule is C1=C[C@]23C=CC(=CN2C1)N=C3. The molecule has 0 saturated heterocycles. The topological polar surface area (TPSA) is 15.6 Å². The molecule has 4 rings (SSSR count). The van der Waals surface area contributed by atoms with Crippen LogP contribution in [-0.4, -0.2) is 23.2 Å². The first-order valence-corrected chi connectivity index (χ1v) is 3.80. The lowest BCUT2D eigenvalue weighted by molar-refractivity contribution is 0.359. The molecular formula is C9H8N2. The van der Waals surface area contributed by atoms with Gasteiger partial charge in [0.2, 0.25) is 0 Å². The van der Waals surface area contributed by atoms with Crippen molar-refractivity contribution in [2.24, 2.45) is 4.99 Å². The summed E-state index contributed by atoms with van der Waals surface area (Å²) in [7, 11) is 0. The average Bonchev–Trinajstić information content (AvgIpc) is 2.47. The third-order valence-corrected chi connectivity index (χ3v) is 2.41. The maximum atomic E-state index is 4.29. The van der Waals surface area contributed by atoms with E-state index in [4.69, 9.17) is 0 Å². The fourth-order valence-electron chi connectivity index (χ4n) is 1.76. The van der Waals surface area contributed by atoms with Crippen molar-refractivity contribution in [3.8, 4) is 0 Å². The van der Waals surface area contributed by atoms with Gasteiger partial charge in [-0.3, -0.25) is 4.99 Å². The first kappa shape index (κ1) is 5.35. The van der Waals surface area contributed by atoms with E-state index in [2.05, 4.69) is 40.4 Å². The van der Waals surface area contributed by atoms with Crippen molar-refractivity contribution in [3.05, 3.63) is 36.2 Å². The molecule has 0 aromatic rings. The third kappa shape index (κ3) is 0.507. The van der Waals surface area contributed by atoms with E-state index in [0.717, 1.165) is 12.2 Å². The quantitative estimate of drug-likeness (QED) is 0.465. The summed E-state index contributed by atoms with van der Waals surface area (Å²) >= 11 is 0. The number of aliphatic imine (C=N–C) groups is 1. The van der Waals surface area contributed by atoms with Gasteiger partial charge >= 0.3 is 0 Å². The van der Waals surface area contributed by atoms with E-state index in [1.807, 2.05) is 6.21 Å². The highest BCUT2D eigenvalue weighted by molar-refractivity contribution is 5.82. The van der Waals surface area contributed by atoms with Crippen molar-refractivity contribution < 1.29 is 0 Å². The zero-order valence-corrected chi connectivity index (χ0v) is 6.07. The summed E-state index contributed by atoms with van der Waals surface area (Å²) in [6.07, 6.45) is 12.8. The number of hydrogen-bond acceptors (Lipinski definition) is 2. The molecule has 0 radical (unpaired) electrons. The average molecular weight is 144 g/mol. The van der Waals surface area contributed by atoms with Crippen LogP contribution in [0.25, 0.3) is 0 Å². The van der Waals surface area contributed by atoms with E-state index >= 15 is 0 Å². The minimum absolute atomic E-state index is 0.00174. The Labute approximate surface area is 65.2 Å². The molecule has 0 aliphatic carbocycles. The molecule has 0 aromatic heterocycles. The summed E-state index contributed by atoms with van der Waals surface area (Å²) in [4.78, 5) is 6.57. The van der Waals surface area contributed by atoms with Crippen LogP contribution in [0.1, 0.15) is 0 Å². The fourth-order valence-corrected chi connectivity index (χ4v) is 1.76. The van der Waals surface area contributed by atoms with Gasteiger partial charge in [-0.25, -0.2) is 0 Å². The fraction of sp³-hybridized carbons (Fsp3) is 0.222. The summed E-state index contributed by atoms with van der Waals surface area (Å²) in [5, 5.41) is 0. The molecule has 0 aromatic carbocycles. The molecule has 0 unspecified atom stereocenters. The Balaban J connectivity index is 2.24. The lowest BCUT2D eigenvalue weighted by Gasteiger charge is -2.37. The van der Waals surface area contributed by atoms with Crippen LogP contribution in [0.4, 0.5) is 0 Å². The van der Waals surface area contributed by atoms with Gasteiger partial charge < -0.3 is 4.90 Å². The lowest BCUT2D eigenvalue weighted by Crippen LogP contribution is -2.44. The molecule has 2 heteroatoms. The minimum Gasteiger partial charge on any atom is -0.354 e. The van der Waals surface area contributed by atoms with Gasteiger partial charge in [0.15, 0.2) is 0 Å². The third-order valence-electron chi connectivity index (χ3n) is 2.41. The molecule has 2 bridgehead atoms. The van der Waals surface area contributed by atoms with Crippen molar-refractivity contribution in [2.75, 3.05) is 6.54 Å². The molecule has 0 amide bonds. The van der Waals surface area contributed by atoms with E-state index in [9.17, 15) is 0 Å². The number of rotatable bonds is 0. The van der Waals surface area contributed by atoms with Crippen LogP contribution in [0.2, 0.25) is 0 Å². The van der Waals surface area contributed by atoms with Crippen LogP contribution in [0.5, 0.6) is 0 Å². The van der Waals surface area contributed by atoms with E-state index in [-0.39, 0.29) is 5.54 Å². The normalized spacial score (nSPS) is 36.4. The predicted molar refractivity (Wildman–Crippen MR) is 44.3 cm³/mol. The second kappa shape index (κ2) is 1.47. The number of nitrogens with zero attached hydrogens (tertiary/aromatic N) is 2. The number of allylic oxidation sites excluding steroid dienone is 1. The molecule has 0 saturated carbocycles. The maximum Gasteiger partial charge on any atom is 0.113 e. The lowest BCUT2D eigenvalue weighted by atomic mass is 9.95. The summed E-state index contributed by atoms with van der Waals surface area (Å²) in [5.41, 5.74) is 1.07. The largest absolute Gasteiger partial charge is 0.354 e. The van der Waals surface area contributed by atoms with E-state index in [1.165, 1.54) is 0 Å². The van der Waals surface area contributed by atoms with Crippen molar-refractivity contribution in [2.45, 2.75) is 5.54 Å². The molecule has 4 aliphatic rings. The Morgan fingerprint density at radius 1 is 1.45 bits per heavy atom. The van der Waals surface area contributed by atoms with Crippen molar-refractivity contribution >= 4 is 6.21 Å². The molecule has 54 valence electrons. The van der Waals surface area contributed by atoms with E-state index in [0.29, 0.717) is 0 Å². The van der Waals surface area contributed by atoms with Gasteiger partial charge in [-0.1, -0.05) is 12.2 Å². The molecule has 11 heavy (non-hydrogen) atoms. The second-order valence-corrected chi connectivity index (χ2v) is 3.09. The van der Waals surface area contributed by atoms with Crippen LogP contribution in [0, 0.1) is 0 Å². The standard InChI is InChI=1S/C9H8N2/c1-3-9-4-2-8(10-7-9)6-11(9)5-1/h1-4,6-7H,5H2/t9-/m1/s1. The molecule has 1 atom stereocenters. The molecule has 2 nitrogen and oxygen atoms in total. The van der Waals surface area contributed by atoms with Crippen molar-refractivity contribution in [3.63, 3.8) is 0 Å². The van der Waals surface area contributed by atoms with Gasteiger partial charge in [0.25, 0.3) is 0 Å². The molecule has 4 aliphatic heterocycles. The first-order chi connectivity index (χ1) is 5.39. The number of hydrogen-bond donors (Lipinski definition) is 0. The second-order valence-electron chi connectivity index (χ2n) is 3.09. The summed E-state index contributed by atoms with van der Waals surface area (Å²) in [5.74, 6) is 0. The molecule has 0 N–H and O–H groups in total. The van der Waals surface area contributed by atoms with Crippen molar-refractivity contribution in [1.82, 2.24) is 4.90 Å². The van der Waals surface area contributed by atoms with E-state index in [1.54, 1.807) is 0 Å². The highest BCUT2D eigenvalue weighted by Gasteiger charge is 2.36. The van der Waals surface area contributed by atoms with Crippen LogP contribution < -0.4 is 0 Å². The van der Waals surface area contributed by atoms with Crippen LogP contribution in [0.15, 0.2) is 41.2 Å². The maximum absolute atomic E-state index is 4.29. The van der Waals surface area contributed by atoms with Gasteiger partial charge in [0, 0.05) is 19.0 Å². The molecule has 4 heterocycles. The van der Waals surface area contributed by atoms with Crippen LogP contribution >= 0.6 is 0 Å². The summed E-state index contributed by atoms with van der Waals surface area (Å²) in [6.45, 7) is 1.01. The van der Waals surface area contributed by atoms with Crippen LogP contribution in [0.3, 0.4) is 0 Å². The van der Waals surface area contributed by atoms with Gasteiger partial charge in [-0.2, -0.15) is 0 Å². The van der Waals surface area contributed by atoms with Gasteiger partial charge in [-0.05, 0) is 12.2 Å². The monoisotopic (exact) mass is 144 g/mol. The molecule has 0 fully saturated rings. The smallest absolute Gasteiger partial charge is 0.113 e.